The van der Waals surface area contributed by atoms with Crippen LogP contribution in [-0.2, 0) is 5.60 Å². The van der Waals surface area contributed by atoms with Gasteiger partial charge in [-0.25, -0.2) is 4.98 Å². The highest BCUT2D eigenvalue weighted by Crippen LogP contribution is 2.30. The Kier molecular flexibility index (Phi) is 4.72. The number of aromatic nitrogens is 4. The molecule has 28 heavy (non-hydrogen) atoms. The standard InChI is InChI=1S/C20H23N5O3/c1-20(2,27)17-13-28-18(23-17)14-6-5-11-24(12-14)19(26)15-7-3-4-8-16(15)25-21-9-10-22-25/h3-4,7-10,13-14,27H,5-6,11-12H2,1-2H3/t14-/m1/s1. The molecule has 0 radical (unpaired) electrons. The van der Waals surface area contributed by atoms with E-state index in [1.807, 2.05) is 23.1 Å². The van der Waals surface area contributed by atoms with E-state index in [0.29, 0.717) is 35.9 Å². The van der Waals surface area contributed by atoms with Gasteiger partial charge in [0.25, 0.3) is 5.91 Å². The van der Waals surface area contributed by atoms with Crippen LogP contribution in [0.4, 0.5) is 0 Å². The average Bonchev–Trinajstić information content (AvgIpc) is 3.39. The maximum absolute atomic E-state index is 13.2. The first kappa shape index (κ1) is 18.4. The Balaban J connectivity index is 1.56. The van der Waals surface area contributed by atoms with Gasteiger partial charge in [0, 0.05) is 13.1 Å². The van der Waals surface area contributed by atoms with E-state index in [1.54, 1.807) is 32.3 Å². The van der Waals surface area contributed by atoms with Crippen molar-refractivity contribution in [1.29, 1.82) is 0 Å². The molecule has 0 unspecified atom stereocenters. The third-order valence-electron chi connectivity index (χ3n) is 4.98. The number of rotatable bonds is 4. The van der Waals surface area contributed by atoms with E-state index in [2.05, 4.69) is 15.2 Å². The highest BCUT2D eigenvalue weighted by atomic mass is 16.3. The molecule has 1 amide bonds. The molecule has 3 aromatic rings. The van der Waals surface area contributed by atoms with Crippen LogP contribution in [0.2, 0.25) is 0 Å². The predicted octanol–water partition coefficient (Wildman–Crippen LogP) is 2.50. The first-order chi connectivity index (χ1) is 13.4. The van der Waals surface area contributed by atoms with E-state index >= 15 is 0 Å². The van der Waals surface area contributed by atoms with Crippen LogP contribution in [0.15, 0.2) is 47.3 Å². The van der Waals surface area contributed by atoms with Gasteiger partial charge in [-0.05, 0) is 38.8 Å². The first-order valence-electron chi connectivity index (χ1n) is 9.37. The molecule has 2 aromatic heterocycles. The Bertz CT molecular complexity index is 958. The molecule has 3 heterocycles. The second kappa shape index (κ2) is 7.20. The van der Waals surface area contributed by atoms with Crippen molar-refractivity contribution < 1.29 is 14.3 Å². The smallest absolute Gasteiger partial charge is 0.256 e. The topological polar surface area (TPSA) is 97.3 Å². The van der Waals surface area contributed by atoms with Crippen molar-refractivity contribution in [3.63, 3.8) is 0 Å². The highest BCUT2D eigenvalue weighted by molar-refractivity contribution is 5.97. The molecule has 8 nitrogen and oxygen atoms in total. The number of hydrogen-bond donors (Lipinski definition) is 1. The minimum Gasteiger partial charge on any atom is -0.448 e. The molecular weight excluding hydrogens is 358 g/mol. The lowest BCUT2D eigenvalue weighted by Gasteiger charge is -2.31. The quantitative estimate of drug-likeness (QED) is 0.746. The molecule has 1 N–H and O–H groups in total. The Labute approximate surface area is 162 Å². The molecule has 0 saturated carbocycles. The molecule has 1 atom stereocenters. The van der Waals surface area contributed by atoms with Gasteiger partial charge in [-0.2, -0.15) is 15.0 Å². The Hall–Kier alpha value is -3.00. The number of para-hydroxylation sites is 1. The van der Waals surface area contributed by atoms with Crippen molar-refractivity contribution in [1.82, 2.24) is 24.9 Å². The number of hydrogen-bond acceptors (Lipinski definition) is 6. The fourth-order valence-corrected chi connectivity index (χ4v) is 3.46. The molecule has 0 bridgehead atoms. The lowest BCUT2D eigenvalue weighted by Crippen LogP contribution is -2.39. The summed E-state index contributed by atoms with van der Waals surface area (Å²) in [7, 11) is 0. The number of oxazole rings is 1. The third kappa shape index (κ3) is 3.55. The normalized spacial score (nSPS) is 17.7. The van der Waals surface area contributed by atoms with Crippen LogP contribution in [0.25, 0.3) is 5.69 Å². The summed E-state index contributed by atoms with van der Waals surface area (Å²) in [6, 6.07) is 7.32. The summed E-state index contributed by atoms with van der Waals surface area (Å²) in [5.41, 5.74) is 0.659. The fourth-order valence-electron chi connectivity index (χ4n) is 3.46. The summed E-state index contributed by atoms with van der Waals surface area (Å²) in [4.78, 5) is 21.0. The van der Waals surface area contributed by atoms with Crippen molar-refractivity contribution in [2.75, 3.05) is 13.1 Å². The van der Waals surface area contributed by atoms with Crippen molar-refractivity contribution in [2.24, 2.45) is 0 Å². The SMILES string of the molecule is CC(C)(O)c1coc([C@@H]2CCCN(C(=O)c3ccccc3-n3nccn3)C2)n1. The number of likely N-dealkylation sites (tertiary alicyclic amines) is 1. The number of carbonyl (C=O) groups is 1. The van der Waals surface area contributed by atoms with Gasteiger partial charge in [0.05, 0.1) is 29.6 Å². The van der Waals surface area contributed by atoms with Gasteiger partial charge in [-0.1, -0.05) is 12.1 Å². The molecular formula is C20H23N5O3. The molecule has 1 aliphatic heterocycles. The Morgan fingerprint density at radius 2 is 2.00 bits per heavy atom. The van der Waals surface area contributed by atoms with Gasteiger partial charge < -0.3 is 14.4 Å². The highest BCUT2D eigenvalue weighted by Gasteiger charge is 2.31. The lowest BCUT2D eigenvalue weighted by molar-refractivity contribution is 0.0692. The summed E-state index contributed by atoms with van der Waals surface area (Å²) in [5.74, 6) is 0.507. The molecule has 1 aliphatic rings. The summed E-state index contributed by atoms with van der Waals surface area (Å²) >= 11 is 0. The van der Waals surface area contributed by atoms with Crippen molar-refractivity contribution in [3.05, 3.63) is 60.1 Å². The van der Waals surface area contributed by atoms with E-state index in [1.165, 1.54) is 11.1 Å². The van der Waals surface area contributed by atoms with E-state index < -0.39 is 5.60 Å². The Morgan fingerprint density at radius 3 is 2.71 bits per heavy atom. The molecule has 146 valence electrons. The van der Waals surface area contributed by atoms with Crippen LogP contribution in [-0.4, -0.2) is 49.0 Å². The largest absolute Gasteiger partial charge is 0.448 e. The molecule has 0 aliphatic carbocycles. The zero-order valence-corrected chi connectivity index (χ0v) is 15.9. The van der Waals surface area contributed by atoms with Crippen LogP contribution in [0, 0.1) is 0 Å². The second-order valence-corrected chi connectivity index (χ2v) is 7.56. The van der Waals surface area contributed by atoms with Gasteiger partial charge in [0.15, 0.2) is 5.89 Å². The van der Waals surface area contributed by atoms with Crippen molar-refractivity contribution >= 4 is 5.91 Å². The second-order valence-electron chi connectivity index (χ2n) is 7.56. The number of nitrogens with zero attached hydrogens (tertiary/aromatic N) is 5. The van der Waals surface area contributed by atoms with E-state index in [0.717, 1.165) is 12.8 Å². The van der Waals surface area contributed by atoms with Crippen LogP contribution in [0.5, 0.6) is 0 Å². The summed E-state index contributed by atoms with van der Waals surface area (Å²) in [6.07, 6.45) is 6.41. The monoisotopic (exact) mass is 381 g/mol. The molecule has 1 aromatic carbocycles. The number of benzene rings is 1. The number of piperidine rings is 1. The van der Waals surface area contributed by atoms with Gasteiger partial charge in [-0.3, -0.25) is 4.79 Å². The maximum Gasteiger partial charge on any atom is 0.256 e. The zero-order chi connectivity index (χ0) is 19.7. The maximum atomic E-state index is 13.2. The van der Waals surface area contributed by atoms with E-state index in [-0.39, 0.29) is 11.8 Å². The number of aliphatic hydroxyl groups is 1. The predicted molar refractivity (Wildman–Crippen MR) is 101 cm³/mol. The molecule has 0 spiro atoms. The first-order valence-corrected chi connectivity index (χ1v) is 9.37. The van der Waals surface area contributed by atoms with Crippen LogP contribution < -0.4 is 0 Å². The summed E-state index contributed by atoms with van der Waals surface area (Å²) in [6.45, 7) is 4.54. The average molecular weight is 381 g/mol. The van der Waals surface area contributed by atoms with Gasteiger partial charge >= 0.3 is 0 Å². The fraction of sp³-hybridized carbons (Fsp3) is 0.400. The molecule has 1 fully saturated rings. The molecule has 8 heteroatoms. The van der Waals surface area contributed by atoms with Crippen LogP contribution in [0.3, 0.4) is 0 Å². The summed E-state index contributed by atoms with van der Waals surface area (Å²) in [5, 5.41) is 18.4. The number of amides is 1. The van der Waals surface area contributed by atoms with Gasteiger partial charge in [0.1, 0.15) is 17.6 Å². The van der Waals surface area contributed by atoms with Gasteiger partial charge in [0.2, 0.25) is 0 Å². The zero-order valence-electron chi connectivity index (χ0n) is 15.9. The van der Waals surface area contributed by atoms with Crippen LogP contribution >= 0.6 is 0 Å². The summed E-state index contributed by atoms with van der Waals surface area (Å²) < 4.78 is 5.61. The molecule has 1 saturated heterocycles. The Morgan fingerprint density at radius 1 is 1.25 bits per heavy atom. The van der Waals surface area contributed by atoms with E-state index in [4.69, 9.17) is 4.42 Å². The van der Waals surface area contributed by atoms with Gasteiger partial charge in [-0.15, -0.1) is 0 Å². The lowest BCUT2D eigenvalue weighted by atomic mass is 9.97. The minimum atomic E-state index is -1.05. The third-order valence-corrected chi connectivity index (χ3v) is 4.98. The van der Waals surface area contributed by atoms with Crippen molar-refractivity contribution in [3.8, 4) is 5.69 Å². The minimum absolute atomic E-state index is 0.00351. The molecule has 4 rings (SSSR count). The van der Waals surface area contributed by atoms with E-state index in [9.17, 15) is 9.90 Å². The van der Waals surface area contributed by atoms with Crippen LogP contribution in [0.1, 0.15) is 54.5 Å². The van der Waals surface area contributed by atoms with Crippen molar-refractivity contribution in [2.45, 2.75) is 38.2 Å². The number of carbonyl (C=O) groups excluding carboxylic acids is 1.